The van der Waals surface area contributed by atoms with E-state index >= 15 is 0 Å². The minimum atomic E-state index is 0.0200. The van der Waals surface area contributed by atoms with Crippen LogP contribution in [0, 0.1) is 3.57 Å². The second kappa shape index (κ2) is 4.22. The van der Waals surface area contributed by atoms with Gasteiger partial charge in [-0.3, -0.25) is 4.79 Å². The van der Waals surface area contributed by atoms with Crippen LogP contribution in [-0.4, -0.2) is 16.2 Å². The van der Waals surface area contributed by atoms with Gasteiger partial charge in [0.2, 0.25) is 0 Å². The van der Waals surface area contributed by atoms with E-state index < -0.39 is 0 Å². The number of aromatic amines is 1. The molecule has 76 valence electrons. The first-order valence-corrected chi connectivity index (χ1v) is 6.97. The molecule has 0 atom stereocenters. The molecule has 5 heteroatoms. The van der Waals surface area contributed by atoms with Gasteiger partial charge in [0.25, 0.3) is 5.56 Å². The van der Waals surface area contributed by atoms with Crippen molar-refractivity contribution >= 4 is 34.4 Å². The number of aromatic nitrogens is 2. The van der Waals surface area contributed by atoms with E-state index in [1.54, 1.807) is 11.8 Å². The fraction of sp³-hybridized carbons (Fsp3) is 0.556. The maximum Gasteiger partial charge on any atom is 0.264 e. The Labute approximate surface area is 100 Å². The second-order valence-corrected chi connectivity index (χ2v) is 5.36. The number of nitrogens with zero attached hydrogens (tertiary/aromatic N) is 1. The van der Waals surface area contributed by atoms with Crippen LogP contribution in [0.4, 0.5) is 0 Å². The Morgan fingerprint density at radius 3 is 2.93 bits per heavy atom. The zero-order valence-electron chi connectivity index (χ0n) is 7.84. The number of hydrogen-bond acceptors (Lipinski definition) is 3. The third-order valence-electron chi connectivity index (χ3n) is 2.18. The van der Waals surface area contributed by atoms with Crippen LogP contribution in [0.5, 0.6) is 0 Å². The zero-order chi connectivity index (χ0) is 10.1. The van der Waals surface area contributed by atoms with Gasteiger partial charge in [-0.1, -0.05) is 0 Å². The molecule has 0 spiro atoms. The number of H-pyrrole nitrogens is 1. The molecule has 3 nitrogen and oxygen atoms in total. The Morgan fingerprint density at radius 2 is 2.36 bits per heavy atom. The van der Waals surface area contributed by atoms with Crippen molar-refractivity contribution < 1.29 is 0 Å². The van der Waals surface area contributed by atoms with Gasteiger partial charge >= 0.3 is 0 Å². The summed E-state index contributed by atoms with van der Waals surface area (Å²) in [5.41, 5.74) is 1.03. The third kappa shape index (κ3) is 2.13. The molecule has 0 aliphatic heterocycles. The van der Waals surface area contributed by atoms with Crippen molar-refractivity contribution in [3.05, 3.63) is 25.4 Å². The van der Waals surface area contributed by atoms with E-state index in [1.165, 1.54) is 12.8 Å². The van der Waals surface area contributed by atoms with Gasteiger partial charge < -0.3 is 4.98 Å². The lowest BCUT2D eigenvalue weighted by Gasteiger charge is -2.03. The smallest absolute Gasteiger partial charge is 0.264 e. The monoisotopic (exact) mass is 322 g/mol. The molecule has 0 amide bonds. The molecule has 0 bridgehead atoms. The highest BCUT2D eigenvalue weighted by Gasteiger charge is 2.28. The summed E-state index contributed by atoms with van der Waals surface area (Å²) in [5.74, 6) is 2.14. The summed E-state index contributed by atoms with van der Waals surface area (Å²) >= 11 is 3.77. The highest BCUT2D eigenvalue weighted by Crippen LogP contribution is 2.40. The van der Waals surface area contributed by atoms with E-state index in [0.29, 0.717) is 5.92 Å². The summed E-state index contributed by atoms with van der Waals surface area (Å²) in [7, 11) is 0. The van der Waals surface area contributed by atoms with Gasteiger partial charge in [0.05, 0.1) is 15.0 Å². The molecule has 14 heavy (non-hydrogen) atoms. The molecular formula is C9H11IN2OS. The standard InChI is InChI=1S/C9H11IN2OS/c1-14-4-6-11-8(5-2-3-5)7(10)9(13)12-6/h5H,2-4H2,1H3,(H,11,12,13). The summed E-state index contributed by atoms with van der Waals surface area (Å²) in [6, 6.07) is 0. The summed E-state index contributed by atoms with van der Waals surface area (Å²) < 4.78 is 0.773. The Kier molecular flexibility index (Phi) is 3.16. The lowest BCUT2D eigenvalue weighted by Crippen LogP contribution is -2.17. The van der Waals surface area contributed by atoms with Gasteiger partial charge in [-0.25, -0.2) is 4.98 Å². The van der Waals surface area contributed by atoms with Crippen molar-refractivity contribution in [3.8, 4) is 0 Å². The zero-order valence-corrected chi connectivity index (χ0v) is 10.8. The highest BCUT2D eigenvalue weighted by atomic mass is 127. The average Bonchev–Trinajstić information content (AvgIpc) is 2.94. The van der Waals surface area contributed by atoms with Crippen LogP contribution >= 0.6 is 34.4 Å². The van der Waals surface area contributed by atoms with Crippen LogP contribution in [0.3, 0.4) is 0 Å². The molecule has 1 fully saturated rings. The van der Waals surface area contributed by atoms with Crippen molar-refractivity contribution in [1.29, 1.82) is 0 Å². The van der Waals surface area contributed by atoms with Crippen molar-refractivity contribution in [1.82, 2.24) is 9.97 Å². The van der Waals surface area contributed by atoms with Gasteiger partial charge in [0.1, 0.15) is 5.82 Å². The number of thioether (sulfide) groups is 1. The van der Waals surface area contributed by atoms with Gasteiger partial charge in [-0.15, -0.1) is 0 Å². The van der Waals surface area contributed by atoms with Crippen LogP contribution < -0.4 is 5.56 Å². The quantitative estimate of drug-likeness (QED) is 0.867. The summed E-state index contributed by atoms with van der Waals surface area (Å²) in [6.07, 6.45) is 4.38. The maximum absolute atomic E-state index is 11.6. The molecule has 0 aromatic carbocycles. The Balaban J connectivity index is 2.41. The van der Waals surface area contributed by atoms with Crippen LogP contribution in [-0.2, 0) is 5.75 Å². The maximum atomic E-state index is 11.6. The fourth-order valence-electron chi connectivity index (χ4n) is 1.36. The summed E-state index contributed by atoms with van der Waals surface area (Å²) in [4.78, 5) is 18.9. The Hall–Kier alpha value is -0.0400. The van der Waals surface area contributed by atoms with E-state index in [-0.39, 0.29) is 5.56 Å². The van der Waals surface area contributed by atoms with Crippen molar-refractivity contribution in [2.75, 3.05) is 6.26 Å². The van der Waals surface area contributed by atoms with E-state index in [4.69, 9.17) is 0 Å². The van der Waals surface area contributed by atoms with Crippen LogP contribution in [0.2, 0.25) is 0 Å². The predicted octanol–water partition coefficient (Wildman–Crippen LogP) is 2.11. The molecular weight excluding hydrogens is 311 g/mol. The topological polar surface area (TPSA) is 45.8 Å². The molecule has 1 aliphatic rings. The molecule has 1 aliphatic carbocycles. The minimum absolute atomic E-state index is 0.0200. The van der Waals surface area contributed by atoms with E-state index in [2.05, 4.69) is 32.6 Å². The van der Waals surface area contributed by atoms with E-state index in [0.717, 1.165) is 20.8 Å². The van der Waals surface area contributed by atoms with Crippen molar-refractivity contribution in [2.45, 2.75) is 24.5 Å². The second-order valence-electron chi connectivity index (χ2n) is 3.42. The van der Waals surface area contributed by atoms with Crippen molar-refractivity contribution in [2.24, 2.45) is 0 Å². The summed E-state index contributed by atoms with van der Waals surface area (Å²) in [5, 5.41) is 0. The molecule has 0 saturated heterocycles. The first-order valence-electron chi connectivity index (χ1n) is 4.50. The normalized spacial score (nSPS) is 15.9. The Bertz CT molecular complexity index is 400. The number of halogens is 1. The predicted molar refractivity (Wildman–Crippen MR) is 66.8 cm³/mol. The van der Waals surface area contributed by atoms with Crippen molar-refractivity contribution in [3.63, 3.8) is 0 Å². The molecule has 0 radical (unpaired) electrons. The SMILES string of the molecule is CSCc1nc(C2CC2)c(I)c(=O)[nH]1. The molecule has 1 heterocycles. The van der Waals surface area contributed by atoms with Gasteiger partial charge in [0, 0.05) is 5.92 Å². The molecule has 1 aromatic rings. The average molecular weight is 322 g/mol. The van der Waals surface area contributed by atoms with E-state index in [9.17, 15) is 4.79 Å². The van der Waals surface area contributed by atoms with E-state index in [1.807, 2.05) is 6.26 Å². The van der Waals surface area contributed by atoms with Crippen LogP contribution in [0.15, 0.2) is 4.79 Å². The minimum Gasteiger partial charge on any atom is -0.309 e. The molecule has 1 aromatic heterocycles. The lowest BCUT2D eigenvalue weighted by atomic mass is 10.3. The lowest BCUT2D eigenvalue weighted by molar-refractivity contribution is 0.898. The number of nitrogens with one attached hydrogen (secondary N) is 1. The third-order valence-corrected chi connectivity index (χ3v) is 3.79. The van der Waals surface area contributed by atoms with Crippen LogP contribution in [0.25, 0.3) is 0 Å². The number of hydrogen-bond donors (Lipinski definition) is 1. The molecule has 1 N–H and O–H groups in total. The largest absolute Gasteiger partial charge is 0.309 e. The van der Waals surface area contributed by atoms with Gasteiger partial charge in [-0.2, -0.15) is 11.8 Å². The molecule has 0 unspecified atom stereocenters. The summed E-state index contributed by atoms with van der Waals surface area (Å²) in [6.45, 7) is 0. The first-order chi connectivity index (χ1) is 6.72. The van der Waals surface area contributed by atoms with Gasteiger partial charge in [-0.05, 0) is 41.7 Å². The van der Waals surface area contributed by atoms with Crippen LogP contribution in [0.1, 0.15) is 30.3 Å². The molecule has 2 rings (SSSR count). The Morgan fingerprint density at radius 1 is 1.64 bits per heavy atom. The van der Waals surface area contributed by atoms with Gasteiger partial charge in [0.15, 0.2) is 0 Å². The highest BCUT2D eigenvalue weighted by molar-refractivity contribution is 14.1. The first kappa shape index (κ1) is 10.5. The number of rotatable bonds is 3. The molecule has 1 saturated carbocycles. The fourth-order valence-corrected chi connectivity index (χ4v) is 2.46.